The molecule has 0 heterocycles. The van der Waals surface area contributed by atoms with Gasteiger partial charge >= 0.3 is 0 Å². The fourth-order valence-electron chi connectivity index (χ4n) is 1.40. The Morgan fingerprint density at radius 1 is 1.35 bits per heavy atom. The highest BCUT2D eigenvalue weighted by molar-refractivity contribution is 7.92. The van der Waals surface area contributed by atoms with E-state index in [9.17, 15) is 8.42 Å². The number of rotatable bonds is 5. The molecule has 17 heavy (non-hydrogen) atoms. The fourth-order valence-corrected chi connectivity index (χ4v) is 2.88. The Morgan fingerprint density at radius 2 is 2.00 bits per heavy atom. The maximum atomic E-state index is 12.0. The Hall–Kier alpha value is -1.23. The van der Waals surface area contributed by atoms with Gasteiger partial charge in [-0.3, -0.25) is 4.31 Å². The van der Waals surface area contributed by atoms with Crippen LogP contribution in [0.1, 0.15) is 20.3 Å². The quantitative estimate of drug-likeness (QED) is 0.820. The Kier molecular flexibility index (Phi) is 4.40. The number of sulfonamides is 1. The minimum atomic E-state index is -3.25. The first kappa shape index (κ1) is 13.8. The van der Waals surface area contributed by atoms with Crippen molar-refractivity contribution in [2.45, 2.75) is 20.3 Å². The van der Waals surface area contributed by atoms with Crippen LogP contribution in [0, 0.1) is 5.92 Å². The monoisotopic (exact) mass is 256 g/mol. The van der Waals surface area contributed by atoms with Crippen molar-refractivity contribution in [3.63, 3.8) is 0 Å². The first-order valence-corrected chi connectivity index (χ1v) is 7.26. The molecule has 0 radical (unpaired) electrons. The van der Waals surface area contributed by atoms with Crippen LogP contribution in [0.25, 0.3) is 0 Å². The summed E-state index contributed by atoms with van der Waals surface area (Å²) in [5.74, 6) is 0.537. The molecule has 0 unspecified atom stereocenters. The van der Waals surface area contributed by atoms with E-state index in [-0.39, 0.29) is 5.75 Å². The second-order valence-electron chi connectivity index (χ2n) is 4.56. The molecule has 1 aromatic carbocycles. The molecule has 0 saturated heterocycles. The normalized spacial score (nSPS) is 11.8. The largest absolute Gasteiger partial charge is 0.399 e. The number of hydrogen-bond donors (Lipinski definition) is 1. The van der Waals surface area contributed by atoms with Crippen LogP contribution < -0.4 is 10.0 Å². The third-order valence-electron chi connectivity index (χ3n) is 2.60. The zero-order valence-corrected chi connectivity index (χ0v) is 11.4. The predicted molar refractivity (Wildman–Crippen MR) is 72.5 cm³/mol. The Balaban J connectivity index is 2.85. The van der Waals surface area contributed by atoms with Crippen molar-refractivity contribution in [2.75, 3.05) is 22.8 Å². The summed E-state index contributed by atoms with van der Waals surface area (Å²) in [5, 5.41) is 0. The van der Waals surface area contributed by atoms with E-state index in [2.05, 4.69) is 0 Å². The van der Waals surface area contributed by atoms with Crippen molar-refractivity contribution < 1.29 is 8.42 Å². The number of anilines is 2. The van der Waals surface area contributed by atoms with Gasteiger partial charge < -0.3 is 5.73 Å². The molecule has 5 heteroatoms. The predicted octanol–water partition coefficient (Wildman–Crippen LogP) is 2.08. The molecule has 0 aliphatic heterocycles. The number of nitrogens with two attached hydrogens (primary N) is 1. The van der Waals surface area contributed by atoms with Gasteiger partial charge in [-0.15, -0.1) is 0 Å². The van der Waals surface area contributed by atoms with Crippen LogP contribution >= 0.6 is 0 Å². The van der Waals surface area contributed by atoms with Gasteiger partial charge in [0.2, 0.25) is 10.0 Å². The van der Waals surface area contributed by atoms with Gasteiger partial charge in [-0.2, -0.15) is 0 Å². The Bertz CT molecular complexity index is 469. The molecule has 1 rings (SSSR count). The van der Waals surface area contributed by atoms with Gasteiger partial charge in [0, 0.05) is 12.7 Å². The van der Waals surface area contributed by atoms with E-state index in [0.717, 1.165) is 0 Å². The summed E-state index contributed by atoms with van der Waals surface area (Å²) in [6, 6.07) is 6.88. The molecule has 2 N–H and O–H groups in total. The van der Waals surface area contributed by atoms with E-state index in [4.69, 9.17) is 5.73 Å². The second kappa shape index (κ2) is 5.40. The first-order chi connectivity index (χ1) is 7.83. The number of nitrogens with zero attached hydrogens (tertiary/aromatic N) is 1. The average Bonchev–Trinajstić information content (AvgIpc) is 2.25. The lowest BCUT2D eigenvalue weighted by Crippen LogP contribution is -2.29. The lowest BCUT2D eigenvalue weighted by molar-refractivity contribution is 0.572. The van der Waals surface area contributed by atoms with Gasteiger partial charge in [0.1, 0.15) is 0 Å². The summed E-state index contributed by atoms with van der Waals surface area (Å²) in [6.07, 6.45) is 0.662. The maximum absolute atomic E-state index is 12.0. The van der Waals surface area contributed by atoms with Crippen LogP contribution in [0.2, 0.25) is 0 Å². The van der Waals surface area contributed by atoms with Gasteiger partial charge in [0.05, 0.1) is 11.4 Å². The van der Waals surface area contributed by atoms with E-state index >= 15 is 0 Å². The lowest BCUT2D eigenvalue weighted by atomic mass is 10.2. The molecule has 0 saturated carbocycles. The maximum Gasteiger partial charge on any atom is 0.234 e. The summed E-state index contributed by atoms with van der Waals surface area (Å²) in [4.78, 5) is 0. The van der Waals surface area contributed by atoms with Crippen LogP contribution in [-0.4, -0.2) is 21.2 Å². The van der Waals surface area contributed by atoms with Crippen LogP contribution in [0.3, 0.4) is 0 Å². The lowest BCUT2D eigenvalue weighted by Gasteiger charge is -2.20. The van der Waals surface area contributed by atoms with Crippen LogP contribution in [-0.2, 0) is 10.0 Å². The van der Waals surface area contributed by atoms with Crippen molar-refractivity contribution in [1.82, 2.24) is 0 Å². The SMILES string of the molecule is CC(C)CCS(=O)(=O)N(C)c1cccc(N)c1. The highest BCUT2D eigenvalue weighted by Crippen LogP contribution is 2.20. The smallest absolute Gasteiger partial charge is 0.234 e. The second-order valence-corrected chi connectivity index (χ2v) is 6.68. The van der Waals surface area contributed by atoms with E-state index in [1.807, 2.05) is 13.8 Å². The molecular formula is C12H20N2O2S. The summed E-state index contributed by atoms with van der Waals surface area (Å²) in [6.45, 7) is 4.02. The molecule has 0 aromatic heterocycles. The van der Waals surface area contributed by atoms with Gasteiger partial charge in [-0.05, 0) is 30.5 Å². The molecule has 4 nitrogen and oxygen atoms in total. The molecule has 0 amide bonds. The molecule has 0 fully saturated rings. The van der Waals surface area contributed by atoms with E-state index < -0.39 is 10.0 Å². The average molecular weight is 256 g/mol. The fraction of sp³-hybridized carbons (Fsp3) is 0.500. The Labute approximate surface area is 103 Å². The number of benzene rings is 1. The highest BCUT2D eigenvalue weighted by Gasteiger charge is 2.18. The van der Waals surface area contributed by atoms with E-state index in [1.54, 1.807) is 31.3 Å². The molecule has 0 bridgehead atoms. The standard InChI is InChI=1S/C12H20N2O2S/c1-10(2)7-8-17(15,16)14(3)12-6-4-5-11(13)9-12/h4-6,9-10H,7-8,13H2,1-3H3. The third-order valence-corrected chi connectivity index (χ3v) is 4.40. The van der Waals surface area contributed by atoms with E-state index in [0.29, 0.717) is 23.7 Å². The summed E-state index contributed by atoms with van der Waals surface area (Å²) >= 11 is 0. The topological polar surface area (TPSA) is 63.4 Å². The van der Waals surface area contributed by atoms with Crippen molar-refractivity contribution in [3.05, 3.63) is 24.3 Å². The summed E-state index contributed by atoms with van der Waals surface area (Å²) in [5.41, 5.74) is 6.81. The van der Waals surface area contributed by atoms with Crippen LogP contribution in [0.5, 0.6) is 0 Å². The van der Waals surface area contributed by atoms with Gasteiger partial charge in [-0.25, -0.2) is 8.42 Å². The van der Waals surface area contributed by atoms with Crippen LogP contribution in [0.15, 0.2) is 24.3 Å². The molecule has 0 atom stereocenters. The summed E-state index contributed by atoms with van der Waals surface area (Å²) < 4.78 is 25.4. The minimum absolute atomic E-state index is 0.163. The molecule has 0 spiro atoms. The van der Waals surface area contributed by atoms with Crippen molar-refractivity contribution >= 4 is 21.4 Å². The van der Waals surface area contributed by atoms with Gasteiger partial charge in [0.25, 0.3) is 0 Å². The molecule has 1 aromatic rings. The van der Waals surface area contributed by atoms with Gasteiger partial charge in [0.15, 0.2) is 0 Å². The van der Waals surface area contributed by atoms with E-state index in [1.165, 1.54) is 4.31 Å². The number of hydrogen-bond acceptors (Lipinski definition) is 3. The van der Waals surface area contributed by atoms with Gasteiger partial charge in [-0.1, -0.05) is 19.9 Å². The zero-order chi connectivity index (χ0) is 13.1. The minimum Gasteiger partial charge on any atom is -0.399 e. The molecule has 0 aliphatic carbocycles. The van der Waals surface area contributed by atoms with Crippen LogP contribution in [0.4, 0.5) is 11.4 Å². The third kappa shape index (κ3) is 3.93. The summed E-state index contributed by atoms with van der Waals surface area (Å²) in [7, 11) is -1.69. The first-order valence-electron chi connectivity index (χ1n) is 5.65. The molecule has 96 valence electrons. The van der Waals surface area contributed by atoms with Crippen molar-refractivity contribution in [3.8, 4) is 0 Å². The zero-order valence-electron chi connectivity index (χ0n) is 10.6. The highest BCUT2D eigenvalue weighted by atomic mass is 32.2. The Morgan fingerprint density at radius 3 is 2.53 bits per heavy atom. The van der Waals surface area contributed by atoms with Crippen molar-refractivity contribution in [2.24, 2.45) is 5.92 Å². The molecule has 0 aliphatic rings. The molecular weight excluding hydrogens is 236 g/mol. The van der Waals surface area contributed by atoms with Crippen molar-refractivity contribution in [1.29, 1.82) is 0 Å². The number of nitrogen functional groups attached to an aromatic ring is 1.